The van der Waals surface area contributed by atoms with Gasteiger partial charge in [-0.25, -0.2) is 0 Å². The van der Waals surface area contributed by atoms with Crippen molar-refractivity contribution >= 4 is 41.2 Å². The van der Waals surface area contributed by atoms with E-state index in [0.717, 1.165) is 16.9 Å². The van der Waals surface area contributed by atoms with E-state index in [4.69, 9.17) is 10.8 Å². The Balaban J connectivity index is 1.44. The number of aliphatic imine (C=N–C) groups is 2. The number of amidine groups is 1. The number of guanidine groups is 1. The van der Waals surface area contributed by atoms with Crippen LogP contribution in [-0.4, -0.2) is 52.6 Å². The Bertz CT molecular complexity index is 1130. The van der Waals surface area contributed by atoms with Gasteiger partial charge in [-0.05, 0) is 54.7 Å². The van der Waals surface area contributed by atoms with Crippen LogP contribution in [0.4, 0.5) is 11.4 Å². The molecule has 160 valence electrons. The molecule has 0 aromatic heterocycles. The van der Waals surface area contributed by atoms with Gasteiger partial charge in [-0.2, -0.15) is 0 Å². The van der Waals surface area contributed by atoms with E-state index < -0.39 is 10.8 Å². The van der Waals surface area contributed by atoms with Gasteiger partial charge < -0.3 is 16.4 Å². The maximum atomic E-state index is 12.2. The molecule has 5 rings (SSSR count). The molecule has 0 aliphatic carbocycles. The maximum Gasteiger partial charge on any atom is 0.301 e. The second-order valence-corrected chi connectivity index (χ2v) is 9.15. The van der Waals surface area contributed by atoms with Crippen molar-refractivity contribution in [2.75, 3.05) is 23.7 Å². The summed E-state index contributed by atoms with van der Waals surface area (Å²) in [4.78, 5) is 33.0. The van der Waals surface area contributed by atoms with Crippen LogP contribution in [0.3, 0.4) is 0 Å². The molecule has 0 bridgehead atoms. The summed E-state index contributed by atoms with van der Waals surface area (Å²) in [6.45, 7) is 6.80. The molecule has 4 aliphatic rings. The Hall–Kier alpha value is -3.37. The topological polar surface area (TPSA) is 125 Å². The molecule has 1 saturated heterocycles. The second kappa shape index (κ2) is 6.32. The fourth-order valence-electron chi connectivity index (χ4n) is 4.42. The molecule has 4 N–H and O–H groups in total. The van der Waals surface area contributed by atoms with Crippen LogP contribution in [0.1, 0.15) is 32.8 Å². The number of nitrogens with two attached hydrogens (primary N) is 1. The SMILES string of the molecule is CC1(C(N)=O)CCN([N+]23C=CN=CC2=NC(Nc2ccc4c(c2)NC(=O)C4(C)C)=N3)C1. The molecule has 2 atom stereocenters. The number of hydrogen-bond donors (Lipinski definition) is 3. The lowest BCUT2D eigenvalue weighted by Gasteiger charge is -2.32. The minimum Gasteiger partial charge on any atom is -0.369 e. The lowest BCUT2D eigenvalue weighted by Crippen LogP contribution is -2.56. The summed E-state index contributed by atoms with van der Waals surface area (Å²) in [7, 11) is 0. The molecule has 0 spiro atoms. The summed E-state index contributed by atoms with van der Waals surface area (Å²) in [5, 5.41) is 13.1. The number of quaternary nitrogens is 1. The van der Waals surface area contributed by atoms with Gasteiger partial charge >= 0.3 is 5.84 Å². The van der Waals surface area contributed by atoms with E-state index in [-0.39, 0.29) is 16.5 Å². The Labute approximate surface area is 179 Å². The van der Waals surface area contributed by atoms with Crippen LogP contribution < -0.4 is 16.4 Å². The van der Waals surface area contributed by atoms with E-state index in [1.807, 2.05) is 45.2 Å². The van der Waals surface area contributed by atoms with Crippen molar-refractivity contribution in [1.82, 2.24) is 5.01 Å². The van der Waals surface area contributed by atoms with Gasteiger partial charge in [0.15, 0.2) is 6.20 Å². The normalized spacial score (nSPS) is 30.5. The number of fused-ring (bicyclic) bond motifs is 2. The Morgan fingerprint density at radius 1 is 1.32 bits per heavy atom. The Morgan fingerprint density at radius 3 is 2.87 bits per heavy atom. The minimum absolute atomic E-state index is 0.0173. The number of anilines is 2. The summed E-state index contributed by atoms with van der Waals surface area (Å²) in [5.74, 6) is 0.720. The molecule has 10 nitrogen and oxygen atoms in total. The van der Waals surface area contributed by atoms with Gasteiger partial charge in [0, 0.05) is 11.4 Å². The number of rotatable bonds is 3. The van der Waals surface area contributed by atoms with Gasteiger partial charge in [-0.1, -0.05) is 6.07 Å². The first kappa shape index (κ1) is 19.6. The summed E-state index contributed by atoms with van der Waals surface area (Å²) < 4.78 is 0.0173. The maximum absolute atomic E-state index is 12.2. The van der Waals surface area contributed by atoms with Gasteiger partial charge in [0.05, 0.1) is 30.1 Å². The number of nitrogens with one attached hydrogen (secondary N) is 2. The third kappa shape index (κ3) is 2.82. The number of carbonyl (C=O) groups excluding carboxylic acids is 2. The van der Waals surface area contributed by atoms with Crippen molar-refractivity contribution in [3.8, 4) is 0 Å². The molecule has 0 radical (unpaired) electrons. The zero-order chi connectivity index (χ0) is 22.0. The number of hydrogen-bond acceptors (Lipinski definition) is 7. The fraction of sp³-hybridized carbons (Fsp3) is 0.381. The van der Waals surface area contributed by atoms with E-state index in [9.17, 15) is 9.59 Å². The van der Waals surface area contributed by atoms with Crippen LogP contribution >= 0.6 is 0 Å². The number of benzene rings is 1. The number of amides is 2. The van der Waals surface area contributed by atoms with Crippen LogP contribution in [-0.2, 0) is 15.0 Å². The van der Waals surface area contributed by atoms with Crippen molar-refractivity contribution in [1.29, 1.82) is 0 Å². The van der Waals surface area contributed by atoms with Gasteiger partial charge in [0.25, 0.3) is 5.96 Å². The van der Waals surface area contributed by atoms with Crippen molar-refractivity contribution in [3.05, 3.63) is 36.2 Å². The summed E-state index contributed by atoms with van der Waals surface area (Å²) in [5.41, 5.74) is 6.97. The molecule has 31 heavy (non-hydrogen) atoms. The van der Waals surface area contributed by atoms with Crippen molar-refractivity contribution < 1.29 is 14.3 Å². The number of carbonyl (C=O) groups is 2. The first-order chi connectivity index (χ1) is 14.6. The molecule has 1 aromatic rings. The molecule has 1 fully saturated rings. The second-order valence-electron chi connectivity index (χ2n) is 9.15. The van der Waals surface area contributed by atoms with Crippen LogP contribution in [0.2, 0.25) is 0 Å². The average Bonchev–Trinajstić information content (AvgIpc) is 3.35. The first-order valence-electron chi connectivity index (χ1n) is 10.2. The largest absolute Gasteiger partial charge is 0.369 e. The predicted octanol–water partition coefficient (Wildman–Crippen LogP) is 1.50. The fourth-order valence-corrected chi connectivity index (χ4v) is 4.42. The molecule has 2 amide bonds. The highest BCUT2D eigenvalue weighted by molar-refractivity contribution is 6.30. The first-order valence-corrected chi connectivity index (χ1v) is 10.2. The van der Waals surface area contributed by atoms with Crippen LogP contribution in [0.25, 0.3) is 0 Å². The zero-order valence-electron chi connectivity index (χ0n) is 17.7. The third-order valence-electron chi connectivity index (χ3n) is 6.60. The highest BCUT2D eigenvalue weighted by Crippen LogP contribution is 2.39. The predicted molar refractivity (Wildman–Crippen MR) is 118 cm³/mol. The summed E-state index contributed by atoms with van der Waals surface area (Å²) in [6, 6.07) is 5.74. The van der Waals surface area contributed by atoms with Gasteiger partial charge in [-0.3, -0.25) is 14.6 Å². The van der Waals surface area contributed by atoms with E-state index >= 15 is 0 Å². The van der Waals surface area contributed by atoms with Crippen molar-refractivity contribution in [2.45, 2.75) is 32.6 Å². The zero-order valence-corrected chi connectivity index (χ0v) is 17.7. The summed E-state index contributed by atoms with van der Waals surface area (Å²) in [6.07, 6.45) is 5.84. The molecule has 10 heteroatoms. The molecule has 0 saturated carbocycles. The Morgan fingerprint density at radius 2 is 2.13 bits per heavy atom. The highest BCUT2D eigenvalue weighted by atomic mass is 16.2. The standard InChI is InChI=1S/C21H24N8O2/c1-20(2)14-5-4-13(10-15(14)25-18(20)31)24-19-26-16-11-23-7-9-29(16,27-19)28-8-6-21(3,12-28)17(22)30/h4-5,7,9-11H,6,8,12H2,1-3H3,(H3-,22,24,25,27,30,31)/p+1. The van der Waals surface area contributed by atoms with E-state index in [1.165, 1.54) is 0 Å². The van der Waals surface area contributed by atoms with Gasteiger partial charge in [-0.15, -0.1) is 10.0 Å². The minimum atomic E-state index is -0.614. The highest BCUT2D eigenvalue weighted by Gasteiger charge is 2.53. The van der Waals surface area contributed by atoms with E-state index in [0.29, 0.717) is 31.3 Å². The lowest BCUT2D eigenvalue weighted by atomic mass is 9.86. The molecule has 1 aromatic carbocycles. The Kier molecular flexibility index (Phi) is 3.99. The number of nitrogens with zero attached hydrogens (tertiary/aromatic N) is 5. The monoisotopic (exact) mass is 421 g/mol. The quantitative estimate of drug-likeness (QED) is 0.640. The third-order valence-corrected chi connectivity index (χ3v) is 6.60. The molecule has 2 unspecified atom stereocenters. The van der Waals surface area contributed by atoms with Crippen molar-refractivity contribution in [3.63, 3.8) is 0 Å². The van der Waals surface area contributed by atoms with Crippen LogP contribution in [0.15, 0.2) is 45.7 Å². The van der Waals surface area contributed by atoms with Crippen LogP contribution in [0.5, 0.6) is 0 Å². The molecular formula is C21H25N8O2+. The smallest absolute Gasteiger partial charge is 0.301 e. The molecule has 4 aliphatic heterocycles. The molecule has 4 heterocycles. The molecular weight excluding hydrogens is 396 g/mol. The van der Waals surface area contributed by atoms with E-state index in [1.54, 1.807) is 12.4 Å². The number of primary amides is 1. The summed E-state index contributed by atoms with van der Waals surface area (Å²) >= 11 is 0. The van der Waals surface area contributed by atoms with Gasteiger partial charge in [0.1, 0.15) is 6.21 Å². The van der Waals surface area contributed by atoms with Crippen molar-refractivity contribution in [2.24, 2.45) is 26.2 Å². The average molecular weight is 421 g/mol. The van der Waals surface area contributed by atoms with E-state index in [2.05, 4.69) is 25.6 Å². The lowest BCUT2D eigenvalue weighted by molar-refractivity contribution is -0.915. The van der Waals surface area contributed by atoms with Gasteiger partial charge in [0.2, 0.25) is 11.8 Å². The van der Waals surface area contributed by atoms with Crippen LogP contribution in [0, 0.1) is 5.41 Å².